The second-order valence-corrected chi connectivity index (χ2v) is 6.07. The highest BCUT2D eigenvalue weighted by Crippen LogP contribution is 2.19. The second kappa shape index (κ2) is 9.95. The van der Waals surface area contributed by atoms with Gasteiger partial charge in [-0.3, -0.25) is 0 Å². The molecule has 0 atom stereocenters. The van der Waals surface area contributed by atoms with Crippen molar-refractivity contribution in [1.82, 2.24) is 10.0 Å². The van der Waals surface area contributed by atoms with Crippen molar-refractivity contribution < 1.29 is 13.2 Å². The van der Waals surface area contributed by atoms with Gasteiger partial charge in [-0.05, 0) is 18.2 Å². The topological polar surface area (TPSA) is 91.2 Å². The fraction of sp³-hybridized carbons (Fsp3) is 0.417. The molecule has 6 nitrogen and oxygen atoms in total. The van der Waals surface area contributed by atoms with Gasteiger partial charge < -0.3 is 10.1 Å². The lowest BCUT2D eigenvalue weighted by Gasteiger charge is -2.08. The summed E-state index contributed by atoms with van der Waals surface area (Å²) in [5.41, 5.74) is 0.242. The summed E-state index contributed by atoms with van der Waals surface area (Å²) in [5.74, 6) is 0. The Labute approximate surface area is 135 Å². The van der Waals surface area contributed by atoms with Crippen LogP contribution in [-0.2, 0) is 14.8 Å². The zero-order valence-electron chi connectivity index (χ0n) is 11.4. The van der Waals surface area contributed by atoms with E-state index < -0.39 is 10.0 Å². The van der Waals surface area contributed by atoms with Crippen molar-refractivity contribution in [2.45, 2.75) is 4.90 Å². The van der Waals surface area contributed by atoms with Gasteiger partial charge in [0.25, 0.3) is 0 Å². The Morgan fingerprint density at radius 1 is 1.33 bits per heavy atom. The summed E-state index contributed by atoms with van der Waals surface area (Å²) in [6, 6.07) is 5.88. The predicted octanol–water partition coefficient (Wildman–Crippen LogP) is 1.15. The number of methoxy groups -OCH3 is 1. The lowest BCUT2D eigenvalue weighted by Crippen LogP contribution is -2.33. The maximum atomic E-state index is 12.0. The van der Waals surface area contributed by atoms with Crippen LogP contribution >= 0.6 is 24.0 Å². The van der Waals surface area contributed by atoms with Crippen LogP contribution in [0.4, 0.5) is 0 Å². The molecular formula is C12H17Cl2N3O3S. The van der Waals surface area contributed by atoms with Crippen molar-refractivity contribution >= 4 is 34.0 Å². The number of halogens is 2. The summed E-state index contributed by atoms with van der Waals surface area (Å²) in [4.78, 5) is 0.0402. The first-order chi connectivity index (χ1) is 9.51. The third-order valence-corrected chi connectivity index (χ3v) is 4.22. The normalized spacial score (nSPS) is 10.7. The Morgan fingerprint density at radius 2 is 2.05 bits per heavy atom. The van der Waals surface area contributed by atoms with E-state index in [-0.39, 0.29) is 34.4 Å². The summed E-state index contributed by atoms with van der Waals surface area (Å²) in [5, 5.41) is 11.9. The summed E-state index contributed by atoms with van der Waals surface area (Å²) < 4.78 is 31.2. The van der Waals surface area contributed by atoms with E-state index in [0.29, 0.717) is 19.7 Å². The van der Waals surface area contributed by atoms with Crippen molar-refractivity contribution in [3.8, 4) is 6.07 Å². The smallest absolute Gasteiger partial charge is 0.240 e. The van der Waals surface area contributed by atoms with Gasteiger partial charge in [0.2, 0.25) is 10.0 Å². The average molecular weight is 354 g/mol. The van der Waals surface area contributed by atoms with Crippen LogP contribution in [0, 0.1) is 11.3 Å². The lowest BCUT2D eigenvalue weighted by molar-refractivity contribution is 0.199. The minimum absolute atomic E-state index is 0. The number of benzene rings is 1. The first kappa shape index (κ1) is 20.1. The minimum Gasteiger partial charge on any atom is -0.383 e. The Kier molecular flexibility index (Phi) is 9.53. The third-order valence-electron chi connectivity index (χ3n) is 2.45. The fourth-order valence-electron chi connectivity index (χ4n) is 1.41. The van der Waals surface area contributed by atoms with Gasteiger partial charge in [-0.15, -0.1) is 12.4 Å². The standard InChI is InChI=1S/C12H16ClN3O3S.ClH/c1-19-7-6-15-4-5-16-20(17,18)11-3-2-10(9-14)12(13)8-11;/h2-3,8,15-16H,4-7H2,1H3;1H. The van der Waals surface area contributed by atoms with E-state index in [2.05, 4.69) is 10.0 Å². The van der Waals surface area contributed by atoms with Crippen LogP contribution in [0.5, 0.6) is 0 Å². The maximum Gasteiger partial charge on any atom is 0.240 e. The van der Waals surface area contributed by atoms with Crippen molar-refractivity contribution in [3.05, 3.63) is 28.8 Å². The Hall–Kier alpha value is -0.880. The molecule has 0 saturated heterocycles. The van der Waals surface area contributed by atoms with E-state index in [1.54, 1.807) is 7.11 Å². The number of ether oxygens (including phenoxy) is 1. The molecule has 0 heterocycles. The minimum atomic E-state index is -3.62. The zero-order chi connectivity index (χ0) is 15.0. The van der Waals surface area contributed by atoms with E-state index in [1.807, 2.05) is 6.07 Å². The molecule has 0 aliphatic heterocycles. The van der Waals surface area contributed by atoms with E-state index in [9.17, 15) is 8.42 Å². The van der Waals surface area contributed by atoms with Crippen LogP contribution in [-0.4, -0.2) is 41.8 Å². The molecule has 0 unspecified atom stereocenters. The molecule has 0 radical (unpaired) electrons. The number of rotatable bonds is 8. The largest absolute Gasteiger partial charge is 0.383 e. The Balaban J connectivity index is 0.00000400. The maximum absolute atomic E-state index is 12.0. The molecule has 2 N–H and O–H groups in total. The molecule has 1 aromatic carbocycles. The van der Waals surface area contributed by atoms with Crippen LogP contribution in [0.3, 0.4) is 0 Å². The fourth-order valence-corrected chi connectivity index (χ4v) is 2.76. The second-order valence-electron chi connectivity index (χ2n) is 3.89. The third kappa shape index (κ3) is 6.61. The van der Waals surface area contributed by atoms with Gasteiger partial charge in [-0.2, -0.15) is 5.26 Å². The average Bonchev–Trinajstić information content (AvgIpc) is 2.42. The number of hydrogen-bond donors (Lipinski definition) is 2. The van der Waals surface area contributed by atoms with Gasteiger partial charge in [0.15, 0.2) is 0 Å². The summed E-state index contributed by atoms with van der Waals surface area (Å²) in [6.07, 6.45) is 0. The first-order valence-corrected chi connectivity index (χ1v) is 7.76. The van der Waals surface area contributed by atoms with Gasteiger partial charge in [0.1, 0.15) is 6.07 Å². The highest BCUT2D eigenvalue weighted by molar-refractivity contribution is 7.89. The summed E-state index contributed by atoms with van der Waals surface area (Å²) >= 11 is 5.81. The van der Waals surface area contributed by atoms with Crippen LogP contribution < -0.4 is 10.0 Å². The van der Waals surface area contributed by atoms with Gasteiger partial charge in [-0.25, -0.2) is 13.1 Å². The molecule has 0 amide bonds. The molecule has 21 heavy (non-hydrogen) atoms. The van der Waals surface area contributed by atoms with Crippen LogP contribution in [0.2, 0.25) is 5.02 Å². The zero-order valence-corrected chi connectivity index (χ0v) is 13.8. The molecule has 1 aromatic rings. The lowest BCUT2D eigenvalue weighted by atomic mass is 10.2. The van der Waals surface area contributed by atoms with Gasteiger partial charge in [0.05, 0.1) is 22.1 Å². The molecule has 0 fully saturated rings. The molecule has 0 aliphatic carbocycles. The predicted molar refractivity (Wildman–Crippen MR) is 83.3 cm³/mol. The highest BCUT2D eigenvalue weighted by Gasteiger charge is 2.14. The first-order valence-electron chi connectivity index (χ1n) is 5.90. The molecule has 118 valence electrons. The monoisotopic (exact) mass is 353 g/mol. The van der Waals surface area contributed by atoms with Gasteiger partial charge >= 0.3 is 0 Å². The van der Waals surface area contributed by atoms with E-state index >= 15 is 0 Å². The van der Waals surface area contributed by atoms with Crippen molar-refractivity contribution in [2.75, 3.05) is 33.4 Å². The molecule has 0 spiro atoms. The molecule has 0 aliphatic rings. The molecule has 1 rings (SSSR count). The van der Waals surface area contributed by atoms with Crippen LogP contribution in [0.15, 0.2) is 23.1 Å². The molecular weight excluding hydrogens is 337 g/mol. The Morgan fingerprint density at radius 3 is 2.62 bits per heavy atom. The highest BCUT2D eigenvalue weighted by atomic mass is 35.5. The molecule has 0 aromatic heterocycles. The summed E-state index contributed by atoms with van der Waals surface area (Å²) in [6.45, 7) is 1.97. The SMILES string of the molecule is COCCNCCNS(=O)(=O)c1ccc(C#N)c(Cl)c1.Cl. The number of nitriles is 1. The number of hydrogen-bond acceptors (Lipinski definition) is 5. The number of sulfonamides is 1. The van der Waals surface area contributed by atoms with Crippen molar-refractivity contribution in [1.29, 1.82) is 5.26 Å². The quantitative estimate of drug-likeness (QED) is 0.684. The van der Waals surface area contributed by atoms with E-state index in [1.165, 1.54) is 18.2 Å². The van der Waals surface area contributed by atoms with Crippen molar-refractivity contribution in [3.63, 3.8) is 0 Å². The Bertz CT molecular complexity index is 588. The summed E-state index contributed by atoms with van der Waals surface area (Å²) in [7, 11) is -2.02. The van der Waals surface area contributed by atoms with E-state index in [4.69, 9.17) is 21.6 Å². The van der Waals surface area contributed by atoms with Crippen molar-refractivity contribution in [2.24, 2.45) is 0 Å². The number of nitrogens with one attached hydrogen (secondary N) is 2. The molecule has 0 bridgehead atoms. The van der Waals surface area contributed by atoms with E-state index in [0.717, 1.165) is 0 Å². The van der Waals surface area contributed by atoms with Crippen LogP contribution in [0.1, 0.15) is 5.56 Å². The van der Waals surface area contributed by atoms with Gasteiger partial charge in [-0.1, -0.05) is 11.6 Å². The molecule has 9 heteroatoms. The van der Waals surface area contributed by atoms with Crippen LogP contribution in [0.25, 0.3) is 0 Å². The molecule has 0 saturated carbocycles. The number of nitrogens with zero attached hydrogens (tertiary/aromatic N) is 1. The van der Waals surface area contributed by atoms with Gasteiger partial charge in [0, 0.05) is 26.7 Å².